The average molecular weight is 291 g/mol. The minimum absolute atomic E-state index is 0.612. The van der Waals surface area contributed by atoms with Gasteiger partial charge in [0.1, 0.15) is 0 Å². The molecule has 2 aromatic rings. The van der Waals surface area contributed by atoms with Gasteiger partial charge in [0.05, 0.1) is 0 Å². The zero-order valence-electron chi connectivity index (χ0n) is 14.1. The topological polar surface area (TPSA) is 3.24 Å². The first kappa shape index (κ1) is 14.9. The molecule has 22 heavy (non-hydrogen) atoms. The van der Waals surface area contributed by atoms with Crippen LogP contribution in [-0.2, 0) is 0 Å². The van der Waals surface area contributed by atoms with E-state index in [9.17, 15) is 0 Å². The van der Waals surface area contributed by atoms with Crippen LogP contribution in [0.3, 0.4) is 0 Å². The molecule has 114 valence electrons. The van der Waals surface area contributed by atoms with E-state index < -0.39 is 0 Å². The molecule has 0 saturated carbocycles. The van der Waals surface area contributed by atoms with Crippen molar-refractivity contribution in [3.63, 3.8) is 0 Å². The largest absolute Gasteiger partial charge is 0.378 e. The molecular weight excluding hydrogens is 266 g/mol. The van der Waals surface area contributed by atoms with E-state index in [0.717, 1.165) is 0 Å². The predicted molar refractivity (Wildman–Crippen MR) is 97.5 cm³/mol. The van der Waals surface area contributed by atoms with Gasteiger partial charge in [-0.2, -0.15) is 0 Å². The summed E-state index contributed by atoms with van der Waals surface area (Å²) in [5.41, 5.74) is 8.36. The lowest BCUT2D eigenvalue weighted by Crippen LogP contribution is -2.07. The molecule has 0 radical (unpaired) electrons. The molecule has 0 N–H and O–H groups in total. The third-order valence-corrected chi connectivity index (χ3v) is 4.71. The number of anilines is 1. The van der Waals surface area contributed by atoms with E-state index in [-0.39, 0.29) is 0 Å². The van der Waals surface area contributed by atoms with E-state index in [0.29, 0.717) is 5.92 Å². The van der Waals surface area contributed by atoms with Crippen molar-refractivity contribution in [3.05, 3.63) is 59.2 Å². The van der Waals surface area contributed by atoms with Crippen molar-refractivity contribution in [2.45, 2.75) is 32.6 Å². The number of rotatable bonds is 4. The molecule has 1 atom stereocenters. The Labute approximate surface area is 134 Å². The van der Waals surface area contributed by atoms with E-state index in [1.54, 1.807) is 0 Å². The number of nitrogens with zero attached hydrogens (tertiary/aromatic N) is 1. The quantitative estimate of drug-likeness (QED) is 0.696. The average Bonchev–Trinajstić information content (AvgIpc) is 2.84. The molecule has 1 heteroatoms. The molecule has 0 fully saturated rings. The maximum atomic E-state index is 2.39. The molecule has 1 unspecified atom stereocenters. The standard InChI is InChI=1S/C21H25N/c1-5-7-18-15(2)14-21-19(8-6-9-20(18)21)16-10-12-17(13-11-16)22(3)4/h6,8-14,18H,5,7H2,1-4H3. The van der Waals surface area contributed by atoms with Crippen LogP contribution in [0, 0.1) is 0 Å². The van der Waals surface area contributed by atoms with E-state index >= 15 is 0 Å². The van der Waals surface area contributed by atoms with Gasteiger partial charge in [-0.1, -0.05) is 55.3 Å². The number of hydrogen-bond acceptors (Lipinski definition) is 1. The maximum absolute atomic E-state index is 2.39. The van der Waals surface area contributed by atoms with Crippen LogP contribution in [-0.4, -0.2) is 14.1 Å². The van der Waals surface area contributed by atoms with Crippen LogP contribution in [0.2, 0.25) is 0 Å². The SMILES string of the molecule is CCCC1C(C)=Cc2c(-c3ccc(N(C)C)cc3)cccc21. The van der Waals surface area contributed by atoms with Crippen LogP contribution in [0.1, 0.15) is 43.7 Å². The van der Waals surface area contributed by atoms with Gasteiger partial charge in [0.2, 0.25) is 0 Å². The second-order valence-electron chi connectivity index (χ2n) is 6.48. The molecule has 3 rings (SSSR count). The molecule has 0 heterocycles. The lowest BCUT2D eigenvalue weighted by molar-refractivity contribution is 0.698. The monoisotopic (exact) mass is 291 g/mol. The van der Waals surface area contributed by atoms with Crippen molar-refractivity contribution in [2.24, 2.45) is 0 Å². The van der Waals surface area contributed by atoms with Crippen LogP contribution in [0.5, 0.6) is 0 Å². The van der Waals surface area contributed by atoms with E-state index in [1.807, 2.05) is 0 Å². The first-order valence-electron chi connectivity index (χ1n) is 8.20. The first-order valence-corrected chi connectivity index (χ1v) is 8.20. The Morgan fingerprint density at radius 2 is 1.73 bits per heavy atom. The Kier molecular flexibility index (Phi) is 4.06. The highest BCUT2D eigenvalue weighted by atomic mass is 15.1. The summed E-state index contributed by atoms with van der Waals surface area (Å²) in [6.07, 6.45) is 4.88. The first-order chi connectivity index (χ1) is 10.6. The van der Waals surface area contributed by atoms with Gasteiger partial charge in [0.25, 0.3) is 0 Å². The van der Waals surface area contributed by atoms with Gasteiger partial charge < -0.3 is 4.90 Å². The Morgan fingerprint density at radius 3 is 2.36 bits per heavy atom. The summed E-state index contributed by atoms with van der Waals surface area (Å²) in [5, 5.41) is 0. The fraction of sp³-hybridized carbons (Fsp3) is 0.333. The molecular formula is C21H25N. The van der Waals surface area contributed by atoms with Gasteiger partial charge in [-0.15, -0.1) is 0 Å². The molecule has 1 aliphatic carbocycles. The molecule has 0 bridgehead atoms. The fourth-order valence-electron chi connectivity index (χ4n) is 3.48. The van der Waals surface area contributed by atoms with Crippen LogP contribution in [0.4, 0.5) is 5.69 Å². The van der Waals surface area contributed by atoms with Gasteiger partial charge in [-0.3, -0.25) is 0 Å². The van der Waals surface area contributed by atoms with Crippen LogP contribution >= 0.6 is 0 Å². The molecule has 0 amide bonds. The van der Waals surface area contributed by atoms with Gasteiger partial charge in [-0.05, 0) is 47.7 Å². The van der Waals surface area contributed by atoms with Crippen molar-refractivity contribution in [1.29, 1.82) is 0 Å². The highest BCUT2D eigenvalue weighted by Crippen LogP contribution is 2.43. The molecule has 0 aliphatic heterocycles. The molecule has 1 nitrogen and oxygen atoms in total. The maximum Gasteiger partial charge on any atom is 0.0361 e. The highest BCUT2D eigenvalue weighted by molar-refractivity contribution is 5.82. The van der Waals surface area contributed by atoms with Crippen molar-refractivity contribution in [1.82, 2.24) is 0 Å². The molecule has 0 aromatic heterocycles. The zero-order chi connectivity index (χ0) is 15.7. The Morgan fingerprint density at radius 1 is 1.00 bits per heavy atom. The molecule has 0 saturated heterocycles. The number of benzene rings is 2. The smallest absolute Gasteiger partial charge is 0.0361 e. The highest BCUT2D eigenvalue weighted by Gasteiger charge is 2.23. The van der Waals surface area contributed by atoms with E-state index in [2.05, 4.69) is 81.4 Å². The van der Waals surface area contributed by atoms with Gasteiger partial charge in [-0.25, -0.2) is 0 Å². The summed E-state index contributed by atoms with van der Waals surface area (Å²) in [7, 11) is 4.16. The Hall–Kier alpha value is -2.02. The lowest BCUT2D eigenvalue weighted by Gasteiger charge is -2.16. The summed E-state index contributed by atoms with van der Waals surface area (Å²) >= 11 is 0. The van der Waals surface area contributed by atoms with Gasteiger partial charge in [0.15, 0.2) is 0 Å². The summed E-state index contributed by atoms with van der Waals surface area (Å²) < 4.78 is 0. The van der Waals surface area contributed by atoms with Crippen molar-refractivity contribution in [2.75, 3.05) is 19.0 Å². The lowest BCUT2D eigenvalue weighted by atomic mass is 9.90. The van der Waals surface area contributed by atoms with Crippen LogP contribution < -0.4 is 4.90 Å². The zero-order valence-corrected chi connectivity index (χ0v) is 14.1. The van der Waals surface area contributed by atoms with E-state index in [1.165, 1.54) is 46.4 Å². The van der Waals surface area contributed by atoms with Gasteiger partial charge >= 0.3 is 0 Å². The Balaban J connectivity index is 2.03. The van der Waals surface area contributed by atoms with Crippen LogP contribution in [0.25, 0.3) is 17.2 Å². The van der Waals surface area contributed by atoms with Crippen LogP contribution in [0.15, 0.2) is 48.0 Å². The second kappa shape index (κ2) is 6.00. The predicted octanol–water partition coefficient (Wildman–Crippen LogP) is 5.72. The summed E-state index contributed by atoms with van der Waals surface area (Å²) in [6.45, 7) is 4.55. The van der Waals surface area contributed by atoms with Gasteiger partial charge in [0, 0.05) is 25.7 Å². The number of allylic oxidation sites excluding steroid dienone is 1. The normalized spacial score (nSPS) is 16.4. The van der Waals surface area contributed by atoms with Crippen molar-refractivity contribution in [3.8, 4) is 11.1 Å². The number of hydrogen-bond donors (Lipinski definition) is 0. The molecule has 1 aliphatic rings. The van der Waals surface area contributed by atoms with Crippen molar-refractivity contribution >= 4 is 11.8 Å². The number of fused-ring (bicyclic) bond motifs is 1. The molecule has 2 aromatic carbocycles. The fourth-order valence-corrected chi connectivity index (χ4v) is 3.48. The minimum Gasteiger partial charge on any atom is -0.378 e. The summed E-state index contributed by atoms with van der Waals surface area (Å²) in [4.78, 5) is 2.14. The summed E-state index contributed by atoms with van der Waals surface area (Å²) in [6, 6.07) is 15.6. The van der Waals surface area contributed by atoms with E-state index in [4.69, 9.17) is 0 Å². The molecule has 0 spiro atoms. The Bertz CT molecular complexity index is 692. The third-order valence-electron chi connectivity index (χ3n) is 4.71. The van der Waals surface area contributed by atoms with Crippen molar-refractivity contribution < 1.29 is 0 Å². The third kappa shape index (κ3) is 2.56. The summed E-state index contributed by atoms with van der Waals surface area (Å²) in [5.74, 6) is 0.612. The second-order valence-corrected chi connectivity index (χ2v) is 6.48. The minimum atomic E-state index is 0.612.